The molecule has 1 heteroatoms. The van der Waals surface area contributed by atoms with E-state index in [-0.39, 0.29) is 0 Å². The maximum absolute atomic E-state index is 5.39. The summed E-state index contributed by atoms with van der Waals surface area (Å²) in [4.78, 5) is 0. The molecule has 1 rings (SSSR count). The van der Waals surface area contributed by atoms with Crippen LogP contribution in [0.1, 0.15) is 19.8 Å². The van der Waals surface area contributed by atoms with E-state index >= 15 is 0 Å². The standard InChI is InChI=1S/C10H14O/c1-2-11-10-8-6-4-3-5-7-9-10/h3-6,8H,2,7,9H2,1H3/b5-3-,6-4-,10-8+. The minimum atomic E-state index is 0.767. The van der Waals surface area contributed by atoms with Gasteiger partial charge in [0, 0.05) is 6.42 Å². The van der Waals surface area contributed by atoms with Crippen LogP contribution in [0.15, 0.2) is 36.1 Å². The molecule has 0 fully saturated rings. The lowest BCUT2D eigenvalue weighted by Gasteiger charge is -2.06. The largest absolute Gasteiger partial charge is 0.498 e. The molecule has 0 radical (unpaired) electrons. The summed E-state index contributed by atoms with van der Waals surface area (Å²) in [6.07, 6.45) is 12.4. The summed E-state index contributed by atoms with van der Waals surface area (Å²) in [6.45, 7) is 2.78. The molecular weight excluding hydrogens is 136 g/mol. The van der Waals surface area contributed by atoms with Crippen molar-refractivity contribution in [1.29, 1.82) is 0 Å². The first-order chi connectivity index (χ1) is 5.43. The van der Waals surface area contributed by atoms with Crippen molar-refractivity contribution in [3.05, 3.63) is 36.1 Å². The fourth-order valence-corrected chi connectivity index (χ4v) is 1.02. The van der Waals surface area contributed by atoms with Crippen molar-refractivity contribution in [1.82, 2.24) is 0 Å². The van der Waals surface area contributed by atoms with Gasteiger partial charge in [0.05, 0.1) is 12.4 Å². The third-order valence-electron chi connectivity index (χ3n) is 1.53. The number of allylic oxidation sites excluding steroid dienone is 6. The van der Waals surface area contributed by atoms with Gasteiger partial charge in [0.2, 0.25) is 0 Å². The zero-order chi connectivity index (χ0) is 7.94. The Morgan fingerprint density at radius 1 is 1.36 bits per heavy atom. The van der Waals surface area contributed by atoms with Gasteiger partial charge in [0.1, 0.15) is 0 Å². The molecule has 0 aromatic heterocycles. The van der Waals surface area contributed by atoms with Crippen LogP contribution < -0.4 is 0 Å². The Morgan fingerprint density at radius 2 is 2.27 bits per heavy atom. The van der Waals surface area contributed by atoms with Gasteiger partial charge in [-0.2, -0.15) is 0 Å². The summed E-state index contributed by atoms with van der Waals surface area (Å²) in [5, 5.41) is 0. The molecule has 0 unspecified atom stereocenters. The second-order valence-electron chi connectivity index (χ2n) is 2.42. The summed E-state index contributed by atoms with van der Waals surface area (Å²) in [7, 11) is 0. The summed E-state index contributed by atoms with van der Waals surface area (Å²) < 4.78 is 5.39. The van der Waals surface area contributed by atoms with Gasteiger partial charge in [-0.25, -0.2) is 0 Å². The third kappa shape index (κ3) is 3.08. The van der Waals surface area contributed by atoms with Gasteiger partial charge < -0.3 is 4.74 Å². The lowest BCUT2D eigenvalue weighted by molar-refractivity contribution is 0.219. The van der Waals surface area contributed by atoms with Crippen LogP contribution in [-0.4, -0.2) is 6.61 Å². The third-order valence-corrected chi connectivity index (χ3v) is 1.53. The van der Waals surface area contributed by atoms with E-state index in [4.69, 9.17) is 4.74 Å². The van der Waals surface area contributed by atoms with E-state index in [2.05, 4.69) is 12.2 Å². The molecule has 0 aliphatic heterocycles. The Morgan fingerprint density at radius 3 is 3.09 bits per heavy atom. The fraction of sp³-hybridized carbons (Fsp3) is 0.400. The minimum Gasteiger partial charge on any atom is -0.498 e. The van der Waals surface area contributed by atoms with Gasteiger partial charge in [-0.05, 0) is 19.4 Å². The van der Waals surface area contributed by atoms with Crippen molar-refractivity contribution in [3.63, 3.8) is 0 Å². The van der Waals surface area contributed by atoms with E-state index in [1.165, 1.54) is 0 Å². The fourth-order valence-electron chi connectivity index (χ4n) is 1.02. The van der Waals surface area contributed by atoms with Crippen molar-refractivity contribution in [2.45, 2.75) is 19.8 Å². The van der Waals surface area contributed by atoms with Crippen LogP contribution in [0.25, 0.3) is 0 Å². The van der Waals surface area contributed by atoms with Crippen LogP contribution in [0.5, 0.6) is 0 Å². The summed E-state index contributed by atoms with van der Waals surface area (Å²) in [5.74, 6) is 1.09. The lowest BCUT2D eigenvalue weighted by Crippen LogP contribution is -1.91. The van der Waals surface area contributed by atoms with Crippen LogP contribution in [0.4, 0.5) is 0 Å². The Hall–Kier alpha value is -0.980. The second kappa shape index (κ2) is 4.78. The van der Waals surface area contributed by atoms with Crippen molar-refractivity contribution in [3.8, 4) is 0 Å². The number of hydrogen-bond acceptors (Lipinski definition) is 1. The van der Waals surface area contributed by atoms with Gasteiger partial charge in [0.25, 0.3) is 0 Å². The molecule has 0 heterocycles. The molecule has 0 saturated carbocycles. The highest BCUT2D eigenvalue weighted by Gasteiger charge is 1.94. The molecule has 11 heavy (non-hydrogen) atoms. The molecule has 0 spiro atoms. The van der Waals surface area contributed by atoms with Crippen molar-refractivity contribution < 1.29 is 4.74 Å². The van der Waals surface area contributed by atoms with Gasteiger partial charge in [-0.3, -0.25) is 0 Å². The minimum absolute atomic E-state index is 0.767. The molecule has 0 aromatic rings. The van der Waals surface area contributed by atoms with Crippen LogP contribution in [0.2, 0.25) is 0 Å². The van der Waals surface area contributed by atoms with Gasteiger partial charge in [-0.1, -0.05) is 24.3 Å². The zero-order valence-electron chi connectivity index (χ0n) is 6.92. The number of ether oxygens (including phenoxy) is 1. The van der Waals surface area contributed by atoms with E-state index in [1.54, 1.807) is 0 Å². The van der Waals surface area contributed by atoms with Crippen LogP contribution >= 0.6 is 0 Å². The Bertz CT molecular complexity index is 187. The topological polar surface area (TPSA) is 9.23 Å². The van der Waals surface area contributed by atoms with Gasteiger partial charge in [-0.15, -0.1) is 0 Å². The van der Waals surface area contributed by atoms with Crippen LogP contribution in [0.3, 0.4) is 0 Å². The van der Waals surface area contributed by atoms with E-state index in [0.29, 0.717) is 0 Å². The molecule has 1 aliphatic carbocycles. The average molecular weight is 150 g/mol. The molecule has 1 aliphatic rings. The molecule has 0 amide bonds. The average Bonchev–Trinajstić information content (AvgIpc) is 1.94. The monoisotopic (exact) mass is 150 g/mol. The van der Waals surface area contributed by atoms with Gasteiger partial charge in [0.15, 0.2) is 0 Å². The predicted molar refractivity (Wildman–Crippen MR) is 47.2 cm³/mol. The predicted octanol–water partition coefficient (Wildman–Crippen LogP) is 2.81. The summed E-state index contributed by atoms with van der Waals surface area (Å²) in [6, 6.07) is 0. The van der Waals surface area contributed by atoms with Crippen molar-refractivity contribution in [2.75, 3.05) is 6.61 Å². The van der Waals surface area contributed by atoms with E-state index < -0.39 is 0 Å². The molecule has 60 valence electrons. The molecule has 0 bridgehead atoms. The Balaban J connectivity index is 2.51. The molecule has 0 N–H and O–H groups in total. The zero-order valence-corrected chi connectivity index (χ0v) is 6.92. The van der Waals surface area contributed by atoms with E-state index in [1.807, 2.05) is 25.2 Å². The number of rotatable bonds is 2. The highest BCUT2D eigenvalue weighted by atomic mass is 16.5. The normalized spacial score (nSPS) is 27.5. The molecule has 0 aromatic carbocycles. The quantitative estimate of drug-likeness (QED) is 0.588. The smallest absolute Gasteiger partial charge is 0.0962 e. The first-order valence-corrected chi connectivity index (χ1v) is 4.08. The lowest BCUT2D eigenvalue weighted by atomic mass is 10.2. The highest BCUT2D eigenvalue weighted by molar-refractivity contribution is 5.16. The maximum Gasteiger partial charge on any atom is 0.0962 e. The molecule has 0 atom stereocenters. The number of hydrogen-bond donors (Lipinski definition) is 0. The summed E-state index contributed by atoms with van der Waals surface area (Å²) >= 11 is 0. The first-order valence-electron chi connectivity index (χ1n) is 4.08. The van der Waals surface area contributed by atoms with E-state index in [9.17, 15) is 0 Å². The van der Waals surface area contributed by atoms with Gasteiger partial charge >= 0.3 is 0 Å². The molecule has 0 saturated heterocycles. The van der Waals surface area contributed by atoms with Crippen molar-refractivity contribution >= 4 is 0 Å². The van der Waals surface area contributed by atoms with Crippen LogP contribution in [-0.2, 0) is 4.74 Å². The Labute approximate surface area is 68.1 Å². The van der Waals surface area contributed by atoms with E-state index in [0.717, 1.165) is 25.2 Å². The van der Waals surface area contributed by atoms with Crippen LogP contribution in [0, 0.1) is 0 Å². The maximum atomic E-state index is 5.39. The second-order valence-corrected chi connectivity index (χ2v) is 2.42. The van der Waals surface area contributed by atoms with Crippen molar-refractivity contribution in [2.24, 2.45) is 0 Å². The molecule has 1 nitrogen and oxygen atoms in total. The summed E-state index contributed by atoms with van der Waals surface area (Å²) in [5.41, 5.74) is 0. The highest BCUT2D eigenvalue weighted by Crippen LogP contribution is 2.09. The SMILES string of the molecule is CCO/C1=C/C=C\C=C/CC1. The first kappa shape index (κ1) is 8.12. The Kier molecular flexibility index (Phi) is 3.53. The molecular formula is C10H14O.